The van der Waals surface area contributed by atoms with Gasteiger partial charge in [0.05, 0.1) is 5.56 Å². The van der Waals surface area contributed by atoms with E-state index in [9.17, 15) is 9.59 Å². The molecule has 0 spiro atoms. The van der Waals surface area contributed by atoms with Gasteiger partial charge in [-0.1, -0.05) is 12.1 Å². The molecule has 1 aromatic rings. The van der Waals surface area contributed by atoms with Crippen LogP contribution in [0.3, 0.4) is 0 Å². The second-order valence-electron chi connectivity index (χ2n) is 2.92. The van der Waals surface area contributed by atoms with Gasteiger partial charge in [0.15, 0.2) is 5.78 Å². The Morgan fingerprint density at radius 3 is 2.62 bits per heavy atom. The summed E-state index contributed by atoms with van der Waals surface area (Å²) in [6.07, 6.45) is -1.45. The molecular weight excluding hydrogens is 212 g/mol. The van der Waals surface area contributed by atoms with Crippen molar-refractivity contribution in [2.24, 2.45) is 0 Å². The molecule has 0 atom stereocenters. The maximum atomic E-state index is 11.6. The van der Waals surface area contributed by atoms with Crippen LogP contribution in [0.25, 0.3) is 0 Å². The third-order valence-corrected chi connectivity index (χ3v) is 1.82. The van der Waals surface area contributed by atoms with Crippen LogP contribution >= 0.6 is 0 Å². The fourth-order valence-corrected chi connectivity index (χ4v) is 1.15. The number of para-hydroxylation sites is 1. The Morgan fingerprint density at radius 1 is 1.31 bits per heavy atom. The molecule has 86 valence electrons. The lowest BCUT2D eigenvalue weighted by Gasteiger charge is -2.06. The molecule has 5 heteroatoms. The number of hydrogen-bond acceptors (Lipinski definition) is 4. The van der Waals surface area contributed by atoms with E-state index < -0.39 is 6.16 Å². The summed E-state index contributed by atoms with van der Waals surface area (Å²) in [5.41, 5.74) is 0.207. The Balaban J connectivity index is 2.85. The van der Waals surface area contributed by atoms with Gasteiger partial charge in [-0.05, 0) is 19.1 Å². The van der Waals surface area contributed by atoms with E-state index in [0.29, 0.717) is 6.61 Å². The zero-order chi connectivity index (χ0) is 12.0. The molecule has 0 saturated carbocycles. The van der Waals surface area contributed by atoms with Crippen LogP contribution in [-0.4, -0.2) is 30.3 Å². The average molecular weight is 224 g/mol. The molecule has 0 amide bonds. The van der Waals surface area contributed by atoms with Crippen molar-refractivity contribution >= 4 is 11.9 Å². The molecule has 0 saturated heterocycles. The Bertz CT molecular complexity index is 386. The van der Waals surface area contributed by atoms with E-state index in [1.54, 1.807) is 19.1 Å². The molecule has 0 aliphatic heterocycles. The molecule has 16 heavy (non-hydrogen) atoms. The van der Waals surface area contributed by atoms with Crippen molar-refractivity contribution in [1.82, 2.24) is 0 Å². The van der Waals surface area contributed by atoms with Gasteiger partial charge >= 0.3 is 6.16 Å². The Morgan fingerprint density at radius 2 is 2.00 bits per heavy atom. The van der Waals surface area contributed by atoms with Crippen molar-refractivity contribution in [3.05, 3.63) is 29.8 Å². The van der Waals surface area contributed by atoms with Gasteiger partial charge in [-0.15, -0.1) is 0 Å². The Hall–Kier alpha value is -1.88. The number of benzene rings is 1. The molecule has 0 aliphatic carbocycles. The van der Waals surface area contributed by atoms with Crippen molar-refractivity contribution < 1.29 is 24.2 Å². The number of rotatable bonds is 5. The number of ketones is 1. The molecule has 0 bridgehead atoms. The molecule has 0 unspecified atom stereocenters. The predicted molar refractivity (Wildman–Crippen MR) is 55.9 cm³/mol. The first-order chi connectivity index (χ1) is 7.65. The number of carbonyl (C=O) groups excluding carboxylic acids is 1. The number of hydrogen-bond donors (Lipinski definition) is 1. The minimum atomic E-state index is -1.45. The zero-order valence-electron chi connectivity index (χ0n) is 8.80. The second kappa shape index (κ2) is 5.87. The average Bonchev–Trinajstić information content (AvgIpc) is 2.26. The smallest absolute Gasteiger partial charge is 0.449 e. The topological polar surface area (TPSA) is 72.8 Å². The summed E-state index contributed by atoms with van der Waals surface area (Å²) in [6, 6.07) is 6.15. The molecule has 1 aromatic carbocycles. The van der Waals surface area contributed by atoms with Crippen LogP contribution in [0.2, 0.25) is 0 Å². The van der Waals surface area contributed by atoms with Crippen LogP contribution < -0.4 is 4.74 Å². The van der Waals surface area contributed by atoms with Crippen LogP contribution in [0.1, 0.15) is 17.3 Å². The van der Waals surface area contributed by atoms with Crippen LogP contribution in [0.4, 0.5) is 4.79 Å². The van der Waals surface area contributed by atoms with Crippen molar-refractivity contribution in [2.45, 2.75) is 6.92 Å². The molecule has 0 aromatic heterocycles. The van der Waals surface area contributed by atoms with Gasteiger partial charge in [-0.2, -0.15) is 0 Å². The van der Waals surface area contributed by atoms with Crippen LogP contribution in [0, 0.1) is 0 Å². The van der Waals surface area contributed by atoms with Gasteiger partial charge in [0.1, 0.15) is 12.4 Å². The van der Waals surface area contributed by atoms with Gasteiger partial charge in [0.2, 0.25) is 0 Å². The monoisotopic (exact) mass is 224 g/mol. The lowest BCUT2D eigenvalue weighted by molar-refractivity contribution is 0.0779. The van der Waals surface area contributed by atoms with Crippen molar-refractivity contribution in [3.8, 4) is 5.75 Å². The Labute approximate surface area is 92.6 Å². The summed E-state index contributed by atoms with van der Waals surface area (Å²) in [5.74, 6) is -0.279. The van der Waals surface area contributed by atoms with E-state index in [0.717, 1.165) is 0 Å². The first-order valence-electron chi connectivity index (χ1n) is 4.76. The van der Waals surface area contributed by atoms with Crippen molar-refractivity contribution in [3.63, 3.8) is 0 Å². The summed E-state index contributed by atoms with van der Waals surface area (Å²) in [6.45, 7) is 2.11. The quantitative estimate of drug-likeness (QED) is 0.470. The number of ether oxygens (including phenoxy) is 2. The highest BCUT2D eigenvalue weighted by Crippen LogP contribution is 2.18. The normalized spacial score (nSPS) is 9.81. The van der Waals surface area contributed by atoms with Gasteiger partial charge in [-0.3, -0.25) is 4.79 Å². The van der Waals surface area contributed by atoms with Crippen LogP contribution in [0.5, 0.6) is 5.75 Å². The van der Waals surface area contributed by atoms with Crippen LogP contribution in [0.15, 0.2) is 24.3 Å². The molecule has 0 radical (unpaired) electrons. The fraction of sp³-hybridized carbons (Fsp3) is 0.273. The third kappa shape index (κ3) is 3.36. The molecule has 0 heterocycles. The standard InChI is InChI=1S/C11H12O5/c1-2-15-7-9(12)8-5-3-4-6-10(8)16-11(13)14/h3-6H,2,7H2,1H3,(H,13,14). The maximum Gasteiger partial charge on any atom is 0.511 e. The van der Waals surface area contributed by atoms with Crippen molar-refractivity contribution in [2.75, 3.05) is 13.2 Å². The van der Waals surface area contributed by atoms with Gasteiger partial charge < -0.3 is 14.6 Å². The number of Topliss-reactive ketones (excluding diaryl/α,β-unsaturated/α-hetero) is 1. The minimum absolute atomic E-state index is 0.0275. The van der Waals surface area contributed by atoms with Crippen LogP contribution in [-0.2, 0) is 4.74 Å². The van der Waals surface area contributed by atoms with Gasteiger partial charge in [-0.25, -0.2) is 4.79 Å². The Kier molecular flexibility index (Phi) is 4.47. The molecular formula is C11H12O5. The minimum Gasteiger partial charge on any atom is -0.449 e. The first-order valence-corrected chi connectivity index (χ1v) is 4.76. The highest BCUT2D eigenvalue weighted by atomic mass is 16.7. The SMILES string of the molecule is CCOCC(=O)c1ccccc1OC(=O)O. The predicted octanol–water partition coefficient (Wildman–Crippen LogP) is 1.96. The summed E-state index contributed by atoms with van der Waals surface area (Å²) >= 11 is 0. The summed E-state index contributed by atoms with van der Waals surface area (Å²) in [7, 11) is 0. The summed E-state index contributed by atoms with van der Waals surface area (Å²) < 4.78 is 9.44. The molecule has 0 fully saturated rings. The van der Waals surface area contributed by atoms with Crippen molar-refractivity contribution in [1.29, 1.82) is 0 Å². The highest BCUT2D eigenvalue weighted by Gasteiger charge is 2.13. The zero-order valence-corrected chi connectivity index (χ0v) is 8.80. The second-order valence-corrected chi connectivity index (χ2v) is 2.92. The molecule has 1 rings (SSSR count). The van der Waals surface area contributed by atoms with E-state index >= 15 is 0 Å². The number of carbonyl (C=O) groups is 2. The third-order valence-electron chi connectivity index (χ3n) is 1.82. The van der Waals surface area contributed by atoms with E-state index in [1.165, 1.54) is 12.1 Å². The highest BCUT2D eigenvalue weighted by molar-refractivity contribution is 6.00. The lowest BCUT2D eigenvalue weighted by Crippen LogP contribution is -2.12. The summed E-state index contributed by atoms with van der Waals surface area (Å²) in [5, 5.41) is 8.48. The van der Waals surface area contributed by atoms with E-state index in [4.69, 9.17) is 9.84 Å². The maximum absolute atomic E-state index is 11.6. The number of carboxylic acid groups (broad SMARTS) is 1. The van der Waals surface area contributed by atoms with Gasteiger partial charge in [0.25, 0.3) is 0 Å². The molecule has 1 N–H and O–H groups in total. The fourth-order valence-electron chi connectivity index (χ4n) is 1.15. The van der Waals surface area contributed by atoms with E-state index in [2.05, 4.69) is 4.74 Å². The van der Waals surface area contributed by atoms with E-state index in [-0.39, 0.29) is 23.7 Å². The lowest BCUT2D eigenvalue weighted by atomic mass is 10.1. The molecule has 5 nitrogen and oxygen atoms in total. The van der Waals surface area contributed by atoms with E-state index in [1.807, 2.05) is 0 Å². The molecule has 0 aliphatic rings. The van der Waals surface area contributed by atoms with Gasteiger partial charge in [0, 0.05) is 6.61 Å². The first kappa shape index (κ1) is 12.2. The largest absolute Gasteiger partial charge is 0.511 e. The summed E-state index contributed by atoms with van der Waals surface area (Å²) in [4.78, 5) is 22.0.